The van der Waals surface area contributed by atoms with Crippen LogP contribution >= 0.6 is 11.8 Å². The summed E-state index contributed by atoms with van der Waals surface area (Å²) >= 11 is 0.947. The molecule has 88 valence electrons. The van der Waals surface area contributed by atoms with Gasteiger partial charge in [-0.15, -0.1) is 0 Å². The van der Waals surface area contributed by atoms with Crippen molar-refractivity contribution in [2.75, 3.05) is 0 Å². The molecule has 0 aliphatic heterocycles. The van der Waals surface area contributed by atoms with Crippen LogP contribution in [0.3, 0.4) is 0 Å². The second-order valence-electron chi connectivity index (χ2n) is 3.14. The van der Waals surface area contributed by atoms with Crippen LogP contribution in [-0.4, -0.2) is 9.97 Å². The van der Waals surface area contributed by atoms with E-state index in [2.05, 4.69) is 9.97 Å². The van der Waals surface area contributed by atoms with Gasteiger partial charge in [-0.1, -0.05) is 23.9 Å². The van der Waals surface area contributed by atoms with Gasteiger partial charge in [0.1, 0.15) is 5.03 Å². The average Bonchev–Trinajstić information content (AvgIpc) is 2.30. The first-order chi connectivity index (χ1) is 8.07. The number of halogens is 3. The fourth-order valence-corrected chi connectivity index (χ4v) is 2.13. The van der Waals surface area contributed by atoms with Crippen molar-refractivity contribution in [3.63, 3.8) is 0 Å². The van der Waals surface area contributed by atoms with E-state index in [1.54, 1.807) is 6.07 Å². The van der Waals surface area contributed by atoms with E-state index in [9.17, 15) is 13.2 Å². The minimum atomic E-state index is -4.36. The van der Waals surface area contributed by atoms with Crippen molar-refractivity contribution in [3.8, 4) is 0 Å². The van der Waals surface area contributed by atoms with E-state index in [0.29, 0.717) is 5.03 Å². The fraction of sp³-hybridized carbons (Fsp3) is 0.0909. The molecule has 2 aromatic rings. The molecular formula is C11H7F3N2S. The fourth-order valence-electron chi connectivity index (χ4n) is 1.24. The number of nitrogens with zero attached hydrogens (tertiary/aromatic N) is 2. The van der Waals surface area contributed by atoms with Gasteiger partial charge in [-0.3, -0.25) is 4.98 Å². The van der Waals surface area contributed by atoms with Crippen LogP contribution in [0.15, 0.2) is 52.8 Å². The van der Waals surface area contributed by atoms with Gasteiger partial charge in [0.2, 0.25) is 0 Å². The van der Waals surface area contributed by atoms with Crippen molar-refractivity contribution in [2.24, 2.45) is 0 Å². The predicted molar refractivity (Wildman–Crippen MR) is 57.6 cm³/mol. The number of rotatable bonds is 2. The Morgan fingerprint density at radius 1 is 1.06 bits per heavy atom. The van der Waals surface area contributed by atoms with Crippen LogP contribution in [0.5, 0.6) is 0 Å². The van der Waals surface area contributed by atoms with E-state index < -0.39 is 11.7 Å². The smallest absolute Gasteiger partial charge is 0.260 e. The van der Waals surface area contributed by atoms with Crippen LogP contribution in [0.25, 0.3) is 0 Å². The monoisotopic (exact) mass is 256 g/mol. The summed E-state index contributed by atoms with van der Waals surface area (Å²) in [6.45, 7) is 0. The molecule has 2 nitrogen and oxygen atoms in total. The molecule has 0 unspecified atom stereocenters. The number of hydrogen-bond donors (Lipinski definition) is 0. The molecule has 17 heavy (non-hydrogen) atoms. The number of hydrogen-bond acceptors (Lipinski definition) is 3. The molecule has 1 aromatic heterocycles. The van der Waals surface area contributed by atoms with Gasteiger partial charge < -0.3 is 0 Å². The zero-order valence-corrected chi connectivity index (χ0v) is 9.29. The lowest BCUT2D eigenvalue weighted by Gasteiger charge is -2.11. The van der Waals surface area contributed by atoms with Crippen molar-refractivity contribution in [3.05, 3.63) is 48.4 Å². The zero-order valence-electron chi connectivity index (χ0n) is 8.48. The van der Waals surface area contributed by atoms with E-state index in [1.165, 1.54) is 30.7 Å². The quantitative estimate of drug-likeness (QED) is 0.820. The third-order valence-electron chi connectivity index (χ3n) is 1.95. The maximum Gasteiger partial charge on any atom is 0.417 e. The first kappa shape index (κ1) is 11.9. The summed E-state index contributed by atoms with van der Waals surface area (Å²) < 4.78 is 38.1. The molecule has 0 fully saturated rings. The molecule has 2 rings (SSSR count). The molecule has 0 atom stereocenters. The first-order valence-electron chi connectivity index (χ1n) is 4.67. The molecular weight excluding hydrogens is 249 g/mol. The number of aromatic nitrogens is 2. The Morgan fingerprint density at radius 2 is 1.82 bits per heavy atom. The Labute approximate surface area is 99.9 Å². The van der Waals surface area contributed by atoms with E-state index in [0.717, 1.165) is 17.8 Å². The van der Waals surface area contributed by atoms with E-state index in [4.69, 9.17) is 0 Å². The topological polar surface area (TPSA) is 25.8 Å². The summed E-state index contributed by atoms with van der Waals surface area (Å²) in [5, 5.41) is 0.434. The molecule has 0 amide bonds. The molecule has 0 aliphatic carbocycles. The molecule has 0 saturated heterocycles. The van der Waals surface area contributed by atoms with Crippen molar-refractivity contribution in [1.29, 1.82) is 0 Å². The van der Waals surface area contributed by atoms with E-state index in [-0.39, 0.29) is 4.90 Å². The van der Waals surface area contributed by atoms with Gasteiger partial charge in [-0.25, -0.2) is 4.98 Å². The van der Waals surface area contributed by atoms with Gasteiger partial charge in [-0.2, -0.15) is 13.2 Å². The summed E-state index contributed by atoms with van der Waals surface area (Å²) in [5.41, 5.74) is -0.657. The molecule has 0 N–H and O–H groups in total. The summed E-state index contributed by atoms with van der Waals surface area (Å²) in [5.74, 6) is 0. The van der Waals surface area contributed by atoms with Crippen LogP contribution < -0.4 is 0 Å². The van der Waals surface area contributed by atoms with Gasteiger partial charge >= 0.3 is 6.18 Å². The second-order valence-corrected chi connectivity index (χ2v) is 4.20. The molecule has 0 spiro atoms. The van der Waals surface area contributed by atoms with Crippen LogP contribution in [0.2, 0.25) is 0 Å². The molecule has 0 radical (unpaired) electrons. The SMILES string of the molecule is FC(F)(F)c1ccccc1Sc1cnccn1. The predicted octanol–water partition coefficient (Wildman–Crippen LogP) is 3.65. The minimum Gasteiger partial charge on any atom is -0.260 e. The molecule has 0 bridgehead atoms. The molecule has 1 aromatic carbocycles. The zero-order chi connectivity index (χ0) is 12.3. The Morgan fingerprint density at radius 3 is 2.47 bits per heavy atom. The van der Waals surface area contributed by atoms with E-state index in [1.807, 2.05) is 0 Å². The number of benzene rings is 1. The van der Waals surface area contributed by atoms with Gasteiger partial charge in [0.25, 0.3) is 0 Å². The Balaban J connectivity index is 2.34. The van der Waals surface area contributed by atoms with Crippen molar-refractivity contribution < 1.29 is 13.2 Å². The summed E-state index contributed by atoms with van der Waals surface area (Å²) in [7, 11) is 0. The highest BCUT2D eigenvalue weighted by Gasteiger charge is 2.33. The van der Waals surface area contributed by atoms with Crippen LogP contribution in [0.1, 0.15) is 5.56 Å². The Hall–Kier alpha value is -1.56. The Kier molecular flexibility index (Phi) is 3.33. The van der Waals surface area contributed by atoms with Gasteiger partial charge in [0.05, 0.1) is 11.8 Å². The average molecular weight is 256 g/mol. The van der Waals surface area contributed by atoms with Gasteiger partial charge in [0, 0.05) is 17.3 Å². The maximum atomic E-state index is 12.7. The van der Waals surface area contributed by atoms with Crippen molar-refractivity contribution >= 4 is 11.8 Å². The Bertz CT molecular complexity index is 500. The lowest BCUT2D eigenvalue weighted by atomic mass is 10.2. The van der Waals surface area contributed by atoms with Gasteiger partial charge in [0.15, 0.2) is 0 Å². The lowest BCUT2D eigenvalue weighted by Crippen LogP contribution is -2.06. The third kappa shape index (κ3) is 2.97. The summed E-state index contributed by atoms with van der Waals surface area (Å²) in [6.07, 6.45) is -0.0120. The molecule has 6 heteroatoms. The van der Waals surface area contributed by atoms with Crippen LogP contribution in [0, 0.1) is 0 Å². The molecule has 1 heterocycles. The minimum absolute atomic E-state index is 0.125. The summed E-state index contributed by atoms with van der Waals surface area (Å²) in [4.78, 5) is 7.86. The number of alkyl halides is 3. The molecule has 0 saturated carbocycles. The van der Waals surface area contributed by atoms with E-state index >= 15 is 0 Å². The largest absolute Gasteiger partial charge is 0.417 e. The van der Waals surface area contributed by atoms with Crippen LogP contribution in [-0.2, 0) is 6.18 Å². The standard InChI is InChI=1S/C11H7F3N2S/c12-11(13,14)8-3-1-2-4-9(8)17-10-7-15-5-6-16-10/h1-7H. The van der Waals surface area contributed by atoms with Gasteiger partial charge in [-0.05, 0) is 12.1 Å². The third-order valence-corrected chi connectivity index (χ3v) is 2.94. The van der Waals surface area contributed by atoms with Crippen molar-refractivity contribution in [1.82, 2.24) is 9.97 Å². The highest BCUT2D eigenvalue weighted by Crippen LogP contribution is 2.38. The summed E-state index contributed by atoms with van der Waals surface area (Å²) in [6, 6.07) is 5.40. The normalized spacial score (nSPS) is 11.5. The molecule has 0 aliphatic rings. The van der Waals surface area contributed by atoms with Crippen molar-refractivity contribution in [2.45, 2.75) is 16.1 Å². The maximum absolute atomic E-state index is 12.7. The highest BCUT2D eigenvalue weighted by molar-refractivity contribution is 7.99. The first-order valence-corrected chi connectivity index (χ1v) is 5.49. The highest BCUT2D eigenvalue weighted by atomic mass is 32.2. The van der Waals surface area contributed by atoms with Crippen LogP contribution in [0.4, 0.5) is 13.2 Å². The lowest BCUT2D eigenvalue weighted by molar-refractivity contribution is -0.139. The second kappa shape index (κ2) is 4.75.